The molecule has 0 saturated carbocycles. The van der Waals surface area contributed by atoms with Gasteiger partial charge in [-0.15, -0.1) is 0 Å². The summed E-state index contributed by atoms with van der Waals surface area (Å²) in [5.74, 6) is -0.863. The summed E-state index contributed by atoms with van der Waals surface area (Å²) in [5, 5.41) is 2.31. The molecule has 3 rings (SSSR count). The number of rotatable bonds is 4. The van der Waals surface area contributed by atoms with Crippen LogP contribution in [0.3, 0.4) is 0 Å². The molecular formula is C16H17N3O4S. The number of ether oxygens (including phenoxy) is 1. The number of nitrogens with one attached hydrogen (secondary N) is 1. The minimum absolute atomic E-state index is 0.140. The van der Waals surface area contributed by atoms with E-state index in [1.165, 1.54) is 6.08 Å². The highest BCUT2D eigenvalue weighted by molar-refractivity contribution is 8.18. The zero-order valence-corrected chi connectivity index (χ0v) is 13.8. The van der Waals surface area contributed by atoms with E-state index in [4.69, 9.17) is 4.74 Å². The lowest BCUT2D eigenvalue weighted by Gasteiger charge is -2.29. The van der Waals surface area contributed by atoms with Crippen molar-refractivity contribution < 1.29 is 19.1 Å². The largest absolute Gasteiger partial charge is 0.379 e. The molecule has 2 heterocycles. The molecular weight excluding hydrogens is 330 g/mol. The number of carbonyl (C=O) groups excluding carboxylic acids is 3. The molecule has 0 atom stereocenters. The molecule has 1 N–H and O–H groups in total. The Kier molecular flexibility index (Phi) is 5.29. The summed E-state index contributed by atoms with van der Waals surface area (Å²) >= 11 is 0.789. The predicted octanol–water partition coefficient (Wildman–Crippen LogP) is 1.49. The molecule has 0 unspecified atom stereocenters. The van der Waals surface area contributed by atoms with Gasteiger partial charge in [0.15, 0.2) is 0 Å². The Morgan fingerprint density at radius 2 is 1.92 bits per heavy atom. The summed E-state index contributed by atoms with van der Waals surface area (Å²) in [4.78, 5) is 39.7. The molecule has 3 amide bonds. The topological polar surface area (TPSA) is 79.0 Å². The molecule has 1 aromatic rings. The van der Waals surface area contributed by atoms with Crippen LogP contribution in [0.25, 0.3) is 0 Å². The summed E-state index contributed by atoms with van der Waals surface area (Å²) in [5.41, 5.74) is 0.631. The highest BCUT2D eigenvalue weighted by Gasteiger charge is 2.36. The van der Waals surface area contributed by atoms with Gasteiger partial charge < -0.3 is 10.1 Å². The van der Waals surface area contributed by atoms with Crippen molar-refractivity contribution in [2.75, 3.05) is 38.3 Å². The highest BCUT2D eigenvalue weighted by Crippen LogP contribution is 2.30. The normalized spacial score (nSPS) is 20.7. The van der Waals surface area contributed by atoms with Crippen LogP contribution in [0.15, 0.2) is 41.3 Å². The van der Waals surface area contributed by atoms with Gasteiger partial charge in [0.05, 0.1) is 24.8 Å². The molecule has 0 aliphatic carbocycles. The summed E-state index contributed by atoms with van der Waals surface area (Å²) in [7, 11) is 0. The van der Waals surface area contributed by atoms with Crippen LogP contribution >= 0.6 is 11.8 Å². The van der Waals surface area contributed by atoms with Crippen LogP contribution in [0, 0.1) is 0 Å². The summed E-state index contributed by atoms with van der Waals surface area (Å²) in [6.45, 7) is 2.76. The van der Waals surface area contributed by atoms with E-state index < -0.39 is 11.8 Å². The Hall–Kier alpha value is -2.16. The van der Waals surface area contributed by atoms with Crippen LogP contribution in [-0.4, -0.2) is 59.8 Å². The third kappa shape index (κ3) is 4.02. The molecule has 2 saturated heterocycles. The molecule has 24 heavy (non-hydrogen) atoms. The fourth-order valence-corrected chi connectivity index (χ4v) is 3.19. The van der Waals surface area contributed by atoms with Gasteiger partial charge in [-0.25, -0.2) is 0 Å². The lowest BCUT2D eigenvalue weighted by molar-refractivity contribution is -0.125. The molecule has 0 radical (unpaired) electrons. The molecule has 7 nitrogen and oxygen atoms in total. The number of para-hydroxylation sites is 1. The maximum absolute atomic E-state index is 12.4. The molecule has 8 heteroatoms. The number of amides is 3. The Balaban J connectivity index is 1.63. The third-order valence-electron chi connectivity index (χ3n) is 3.62. The van der Waals surface area contributed by atoms with E-state index in [-0.39, 0.29) is 16.8 Å². The van der Waals surface area contributed by atoms with Crippen LogP contribution in [-0.2, 0) is 14.3 Å². The van der Waals surface area contributed by atoms with Crippen LogP contribution in [0.5, 0.6) is 0 Å². The average Bonchev–Trinajstić information content (AvgIpc) is 2.84. The van der Waals surface area contributed by atoms with Crippen molar-refractivity contribution in [3.8, 4) is 0 Å². The summed E-state index contributed by atoms with van der Waals surface area (Å²) in [6.07, 6.45) is 1.18. The standard InChI is InChI=1S/C16H17N3O4S/c20-14(17-12-4-2-1-3-5-12)10-13-15(21)19(16(22)24-13)11-18-6-8-23-9-7-18/h1-5,10H,6-9,11H2,(H,17,20)/b13-10-. The fraction of sp³-hybridized carbons (Fsp3) is 0.312. The second-order valence-electron chi connectivity index (χ2n) is 5.34. The lowest BCUT2D eigenvalue weighted by atomic mass is 10.3. The van der Waals surface area contributed by atoms with E-state index in [1.807, 2.05) is 11.0 Å². The Labute approximate surface area is 143 Å². The Morgan fingerprint density at radius 1 is 1.21 bits per heavy atom. The quantitative estimate of drug-likeness (QED) is 0.832. The Bertz CT molecular complexity index is 671. The lowest BCUT2D eigenvalue weighted by Crippen LogP contribution is -2.45. The van der Waals surface area contributed by atoms with E-state index in [0.29, 0.717) is 32.0 Å². The Morgan fingerprint density at radius 3 is 2.62 bits per heavy atom. The molecule has 2 fully saturated rings. The maximum atomic E-state index is 12.4. The maximum Gasteiger partial charge on any atom is 0.294 e. The summed E-state index contributed by atoms with van der Waals surface area (Å²) in [6, 6.07) is 8.93. The van der Waals surface area contributed by atoms with Crippen LogP contribution < -0.4 is 5.32 Å². The van der Waals surface area contributed by atoms with E-state index in [9.17, 15) is 14.4 Å². The minimum Gasteiger partial charge on any atom is -0.379 e. The van der Waals surface area contributed by atoms with Crippen LogP contribution in [0.2, 0.25) is 0 Å². The molecule has 2 aliphatic rings. The van der Waals surface area contributed by atoms with Crippen molar-refractivity contribution in [3.05, 3.63) is 41.3 Å². The molecule has 2 aliphatic heterocycles. The number of nitrogens with zero attached hydrogens (tertiary/aromatic N) is 2. The molecule has 0 bridgehead atoms. The summed E-state index contributed by atoms with van der Waals surface area (Å²) < 4.78 is 5.25. The van der Waals surface area contributed by atoms with Crippen molar-refractivity contribution >= 4 is 34.5 Å². The van der Waals surface area contributed by atoms with Gasteiger partial charge in [0.25, 0.3) is 11.1 Å². The molecule has 1 aromatic carbocycles. The van der Waals surface area contributed by atoms with Gasteiger partial charge in [0.1, 0.15) is 0 Å². The predicted molar refractivity (Wildman–Crippen MR) is 90.2 cm³/mol. The number of morpholine rings is 1. The number of thioether (sulfide) groups is 1. The number of imide groups is 1. The van der Waals surface area contributed by atoms with E-state index >= 15 is 0 Å². The molecule has 0 spiro atoms. The van der Waals surface area contributed by atoms with Crippen molar-refractivity contribution in [1.29, 1.82) is 0 Å². The van der Waals surface area contributed by atoms with Crippen LogP contribution in [0.1, 0.15) is 0 Å². The zero-order chi connectivity index (χ0) is 16.9. The first kappa shape index (κ1) is 16.7. The van der Waals surface area contributed by atoms with Crippen molar-refractivity contribution in [3.63, 3.8) is 0 Å². The number of carbonyl (C=O) groups is 3. The van der Waals surface area contributed by atoms with E-state index in [0.717, 1.165) is 16.7 Å². The smallest absolute Gasteiger partial charge is 0.294 e. The highest BCUT2D eigenvalue weighted by atomic mass is 32.2. The SMILES string of the molecule is O=C(/C=C1\SC(=O)N(CN2CCOCC2)C1=O)Nc1ccccc1. The van der Waals surface area contributed by atoms with Crippen LogP contribution in [0.4, 0.5) is 10.5 Å². The molecule has 126 valence electrons. The minimum atomic E-state index is -0.432. The second kappa shape index (κ2) is 7.61. The number of hydrogen-bond acceptors (Lipinski definition) is 6. The second-order valence-corrected chi connectivity index (χ2v) is 6.33. The van der Waals surface area contributed by atoms with E-state index in [1.54, 1.807) is 24.3 Å². The average molecular weight is 347 g/mol. The zero-order valence-electron chi connectivity index (χ0n) is 12.9. The first-order chi connectivity index (χ1) is 11.6. The van der Waals surface area contributed by atoms with Crippen molar-refractivity contribution in [2.45, 2.75) is 0 Å². The first-order valence-corrected chi connectivity index (χ1v) is 8.36. The van der Waals surface area contributed by atoms with Gasteiger partial charge >= 0.3 is 0 Å². The monoisotopic (exact) mass is 347 g/mol. The number of hydrogen-bond donors (Lipinski definition) is 1. The first-order valence-electron chi connectivity index (χ1n) is 7.55. The van der Waals surface area contributed by atoms with Gasteiger partial charge in [-0.3, -0.25) is 24.2 Å². The van der Waals surface area contributed by atoms with Gasteiger partial charge in [-0.2, -0.15) is 0 Å². The molecule has 0 aromatic heterocycles. The van der Waals surface area contributed by atoms with Gasteiger partial charge in [0.2, 0.25) is 5.91 Å². The number of benzene rings is 1. The fourth-order valence-electron chi connectivity index (χ4n) is 2.38. The van der Waals surface area contributed by atoms with Gasteiger partial charge in [-0.1, -0.05) is 18.2 Å². The van der Waals surface area contributed by atoms with Gasteiger partial charge in [-0.05, 0) is 23.9 Å². The van der Waals surface area contributed by atoms with Gasteiger partial charge in [0, 0.05) is 24.9 Å². The van der Waals surface area contributed by atoms with Crippen molar-refractivity contribution in [2.24, 2.45) is 0 Å². The van der Waals surface area contributed by atoms with E-state index in [2.05, 4.69) is 5.32 Å². The van der Waals surface area contributed by atoms with Crippen molar-refractivity contribution in [1.82, 2.24) is 9.80 Å². The third-order valence-corrected chi connectivity index (χ3v) is 4.53. The number of anilines is 1.